The van der Waals surface area contributed by atoms with E-state index in [9.17, 15) is 4.79 Å². The van der Waals surface area contributed by atoms with E-state index >= 15 is 0 Å². The van der Waals surface area contributed by atoms with Crippen LogP contribution < -0.4 is 10.1 Å². The number of benzene rings is 2. The number of aromatic nitrogens is 3. The monoisotopic (exact) mass is 494 g/mol. The summed E-state index contributed by atoms with van der Waals surface area (Å²) in [5.74, 6) is 1.36. The van der Waals surface area contributed by atoms with E-state index in [1.807, 2.05) is 62.5 Å². The van der Waals surface area contributed by atoms with E-state index in [1.54, 1.807) is 17.7 Å². The molecule has 0 aliphatic rings. The van der Waals surface area contributed by atoms with Crippen LogP contribution in [0.15, 0.2) is 63.7 Å². The Kier molecular flexibility index (Phi) is 6.41. The van der Waals surface area contributed by atoms with Crippen molar-refractivity contribution >= 4 is 27.7 Å². The number of hydrogen-bond acceptors (Lipinski definition) is 5. The predicted molar refractivity (Wildman–Crippen MR) is 125 cm³/mol. The second kappa shape index (κ2) is 9.40. The van der Waals surface area contributed by atoms with E-state index in [1.165, 1.54) is 0 Å². The molecule has 0 aliphatic carbocycles. The van der Waals surface area contributed by atoms with Crippen LogP contribution in [-0.2, 0) is 13.2 Å². The Morgan fingerprint density at radius 3 is 2.69 bits per heavy atom. The lowest BCUT2D eigenvalue weighted by Crippen LogP contribution is -2.16. The van der Waals surface area contributed by atoms with Crippen LogP contribution >= 0.6 is 15.9 Å². The molecule has 7 nitrogen and oxygen atoms in total. The quantitative estimate of drug-likeness (QED) is 0.369. The fourth-order valence-corrected chi connectivity index (χ4v) is 3.49. The van der Waals surface area contributed by atoms with Crippen molar-refractivity contribution in [2.24, 2.45) is 0 Å². The number of ether oxygens (including phenoxy) is 1. The van der Waals surface area contributed by atoms with Gasteiger partial charge in [-0.05, 0) is 55.7 Å². The average molecular weight is 495 g/mol. The molecule has 4 aromatic rings. The number of nitrogens with zero attached hydrogens (tertiary/aromatic N) is 3. The van der Waals surface area contributed by atoms with Gasteiger partial charge in [0.1, 0.15) is 18.1 Å². The molecular formula is C24H23BrN4O3. The van der Waals surface area contributed by atoms with Gasteiger partial charge < -0.3 is 14.6 Å². The highest BCUT2D eigenvalue weighted by atomic mass is 79.9. The van der Waals surface area contributed by atoms with Gasteiger partial charge in [0, 0.05) is 16.7 Å². The molecule has 0 radical (unpaired) electrons. The first-order valence-electron chi connectivity index (χ1n) is 10.1. The Bertz CT molecular complexity index is 1240. The minimum atomic E-state index is -0.393. The molecule has 4 rings (SSSR count). The Morgan fingerprint density at radius 2 is 1.91 bits per heavy atom. The van der Waals surface area contributed by atoms with Gasteiger partial charge in [-0.3, -0.25) is 9.48 Å². The smallest absolute Gasteiger partial charge is 0.279 e. The minimum absolute atomic E-state index is 0.181. The highest BCUT2D eigenvalue weighted by molar-refractivity contribution is 9.10. The van der Waals surface area contributed by atoms with E-state index in [-0.39, 0.29) is 12.3 Å². The summed E-state index contributed by atoms with van der Waals surface area (Å²) < 4.78 is 14.0. The van der Waals surface area contributed by atoms with Crippen molar-refractivity contribution in [3.8, 4) is 5.75 Å². The number of carbonyl (C=O) groups excluding carboxylic acids is 1. The summed E-state index contributed by atoms with van der Waals surface area (Å²) in [6.07, 6.45) is 1.82. The standard InChI is InChI=1S/C24H23BrN4O3/c1-15-4-5-16(2)21(12-15)31-14-20-17(3)32-28-23(20)24(30)26-22-10-11-29(27-22)13-18-6-8-19(25)9-7-18/h4-12H,13-14H2,1-3H3,(H,26,27,30). The highest BCUT2D eigenvalue weighted by Gasteiger charge is 2.21. The zero-order chi connectivity index (χ0) is 22.7. The van der Waals surface area contributed by atoms with Gasteiger partial charge in [-0.25, -0.2) is 0 Å². The van der Waals surface area contributed by atoms with Crippen molar-refractivity contribution in [3.63, 3.8) is 0 Å². The van der Waals surface area contributed by atoms with Crippen molar-refractivity contribution in [2.75, 3.05) is 5.32 Å². The summed E-state index contributed by atoms with van der Waals surface area (Å²) in [5, 5.41) is 11.2. The first-order chi connectivity index (χ1) is 15.4. The molecule has 1 N–H and O–H groups in total. The van der Waals surface area contributed by atoms with Gasteiger partial charge in [0.2, 0.25) is 0 Å². The van der Waals surface area contributed by atoms with Crippen molar-refractivity contribution in [3.05, 3.63) is 92.9 Å². The lowest BCUT2D eigenvalue weighted by atomic mass is 10.1. The summed E-state index contributed by atoms with van der Waals surface area (Å²) in [5.41, 5.74) is 4.02. The summed E-state index contributed by atoms with van der Waals surface area (Å²) >= 11 is 3.43. The Hall–Kier alpha value is -3.39. The number of anilines is 1. The first kappa shape index (κ1) is 21.8. The molecule has 164 valence electrons. The fraction of sp³-hybridized carbons (Fsp3) is 0.208. The zero-order valence-corrected chi connectivity index (χ0v) is 19.6. The van der Waals surface area contributed by atoms with Gasteiger partial charge in [-0.1, -0.05) is 45.4 Å². The van der Waals surface area contributed by atoms with Crippen molar-refractivity contribution in [1.29, 1.82) is 0 Å². The van der Waals surface area contributed by atoms with E-state index in [0.717, 1.165) is 26.9 Å². The number of hydrogen-bond donors (Lipinski definition) is 1. The molecule has 0 bridgehead atoms. The average Bonchev–Trinajstić information content (AvgIpc) is 3.36. The molecular weight excluding hydrogens is 472 g/mol. The molecule has 0 fully saturated rings. The lowest BCUT2D eigenvalue weighted by Gasteiger charge is -2.10. The Balaban J connectivity index is 1.43. The van der Waals surface area contributed by atoms with Crippen LogP contribution in [0, 0.1) is 20.8 Å². The largest absolute Gasteiger partial charge is 0.488 e. The van der Waals surface area contributed by atoms with Crippen LogP contribution in [0.25, 0.3) is 0 Å². The number of carbonyl (C=O) groups is 1. The normalized spacial score (nSPS) is 10.9. The van der Waals surface area contributed by atoms with Gasteiger partial charge in [0.05, 0.1) is 12.1 Å². The molecule has 32 heavy (non-hydrogen) atoms. The van der Waals surface area contributed by atoms with E-state index in [2.05, 4.69) is 31.5 Å². The molecule has 0 aliphatic heterocycles. The third kappa shape index (κ3) is 5.08. The summed E-state index contributed by atoms with van der Waals surface area (Å²) in [4.78, 5) is 12.8. The maximum atomic E-state index is 12.8. The van der Waals surface area contributed by atoms with Crippen LogP contribution in [0.5, 0.6) is 5.75 Å². The predicted octanol–water partition coefficient (Wildman–Crippen LogP) is 5.44. The second-order valence-electron chi connectivity index (χ2n) is 7.60. The summed E-state index contributed by atoms with van der Waals surface area (Å²) in [6, 6.07) is 15.7. The van der Waals surface area contributed by atoms with Crippen LogP contribution in [0.4, 0.5) is 5.82 Å². The highest BCUT2D eigenvalue weighted by Crippen LogP contribution is 2.23. The zero-order valence-electron chi connectivity index (χ0n) is 18.1. The van der Waals surface area contributed by atoms with Gasteiger partial charge >= 0.3 is 0 Å². The summed E-state index contributed by atoms with van der Waals surface area (Å²) in [6.45, 7) is 6.53. The van der Waals surface area contributed by atoms with Crippen LogP contribution in [0.3, 0.4) is 0 Å². The number of amides is 1. The van der Waals surface area contributed by atoms with Gasteiger partial charge in [-0.2, -0.15) is 5.10 Å². The molecule has 2 aromatic heterocycles. The SMILES string of the molecule is Cc1ccc(C)c(OCc2c(C(=O)Nc3ccn(Cc4ccc(Br)cc4)n3)noc2C)c1. The van der Waals surface area contributed by atoms with Gasteiger partial charge in [0.25, 0.3) is 5.91 Å². The molecule has 8 heteroatoms. The fourth-order valence-electron chi connectivity index (χ4n) is 3.22. The lowest BCUT2D eigenvalue weighted by molar-refractivity contribution is 0.101. The number of aryl methyl sites for hydroxylation is 3. The first-order valence-corrected chi connectivity index (χ1v) is 10.9. The van der Waals surface area contributed by atoms with Crippen molar-refractivity contribution in [2.45, 2.75) is 33.9 Å². The minimum Gasteiger partial charge on any atom is -0.488 e. The van der Waals surface area contributed by atoms with Crippen molar-refractivity contribution in [1.82, 2.24) is 14.9 Å². The Labute approximate surface area is 194 Å². The number of halogens is 1. The third-order valence-electron chi connectivity index (χ3n) is 5.06. The Morgan fingerprint density at radius 1 is 1.12 bits per heavy atom. The van der Waals surface area contributed by atoms with E-state index < -0.39 is 5.91 Å². The van der Waals surface area contributed by atoms with Crippen LogP contribution in [0.1, 0.15) is 38.5 Å². The molecule has 0 atom stereocenters. The second-order valence-corrected chi connectivity index (χ2v) is 8.52. The molecule has 0 saturated heterocycles. The molecule has 1 amide bonds. The molecule has 2 heterocycles. The van der Waals surface area contributed by atoms with Crippen LogP contribution in [-0.4, -0.2) is 20.8 Å². The van der Waals surface area contributed by atoms with E-state index in [4.69, 9.17) is 9.26 Å². The molecule has 0 unspecified atom stereocenters. The van der Waals surface area contributed by atoms with Gasteiger partial charge in [-0.15, -0.1) is 0 Å². The van der Waals surface area contributed by atoms with Crippen molar-refractivity contribution < 1.29 is 14.1 Å². The molecule has 2 aromatic carbocycles. The third-order valence-corrected chi connectivity index (χ3v) is 5.58. The maximum Gasteiger partial charge on any atom is 0.279 e. The number of nitrogens with one attached hydrogen (secondary N) is 1. The van der Waals surface area contributed by atoms with Crippen LogP contribution in [0.2, 0.25) is 0 Å². The van der Waals surface area contributed by atoms with E-state index in [0.29, 0.717) is 23.7 Å². The number of rotatable bonds is 7. The topological polar surface area (TPSA) is 82.2 Å². The molecule has 0 saturated carbocycles. The summed E-state index contributed by atoms with van der Waals surface area (Å²) in [7, 11) is 0. The molecule has 0 spiro atoms. The maximum absolute atomic E-state index is 12.8. The van der Waals surface area contributed by atoms with Gasteiger partial charge in [0.15, 0.2) is 11.5 Å².